The molecule has 0 amide bonds. The molecule has 0 rings (SSSR count). The van der Waals surface area contributed by atoms with Crippen molar-refractivity contribution < 1.29 is 0 Å². The summed E-state index contributed by atoms with van der Waals surface area (Å²) in [6.45, 7) is 19.0. The summed E-state index contributed by atoms with van der Waals surface area (Å²) in [7, 11) is -0.539. The Morgan fingerprint density at radius 1 is 0.643 bits per heavy atom. The van der Waals surface area contributed by atoms with E-state index in [1.54, 1.807) is 0 Å². The van der Waals surface area contributed by atoms with Crippen LogP contribution >= 0.6 is 0 Å². The topological polar surface area (TPSA) is 6.48 Å². The normalized spacial score (nSPS) is 12.4. The maximum atomic E-state index is 2.68. The first kappa shape index (κ1) is 14.4. The highest BCUT2D eigenvalue weighted by molar-refractivity contribution is 7.18. The van der Waals surface area contributed by atoms with Crippen LogP contribution in [0.4, 0.5) is 0 Å². The number of hydrogen-bond acceptors (Lipinski definition) is 2. The first-order valence-electron chi connectivity index (χ1n) is 5.79. The minimum Gasteiger partial charge on any atom is -0.326 e. The van der Waals surface area contributed by atoms with Gasteiger partial charge in [-0.15, -0.1) is 0 Å². The lowest BCUT2D eigenvalue weighted by Crippen LogP contribution is -2.55. The molecule has 0 atom stereocenters. The average molecular weight is 231 g/mol. The largest absolute Gasteiger partial charge is 0.326 e. The molecule has 0 saturated heterocycles. The molecule has 4 heteroatoms. The maximum absolute atomic E-state index is 2.68. The van der Waals surface area contributed by atoms with Crippen molar-refractivity contribution in [1.29, 1.82) is 0 Å². The van der Waals surface area contributed by atoms with Crippen LogP contribution in [0, 0.1) is 0 Å². The lowest BCUT2D eigenvalue weighted by atomic mass is 10.7. The van der Waals surface area contributed by atoms with Crippen LogP contribution in [0.5, 0.6) is 0 Å². The van der Waals surface area contributed by atoms with Crippen molar-refractivity contribution in [2.45, 2.75) is 40.8 Å². The fourth-order valence-corrected chi connectivity index (χ4v) is 9.31. The van der Waals surface area contributed by atoms with E-state index in [1.165, 1.54) is 26.2 Å². The first-order chi connectivity index (χ1) is 6.62. The monoisotopic (exact) mass is 230 g/mol. The maximum Gasteiger partial charge on any atom is 0.138 e. The third kappa shape index (κ3) is 3.84. The van der Waals surface area contributed by atoms with E-state index < -0.39 is 0 Å². The van der Waals surface area contributed by atoms with Crippen LogP contribution < -0.4 is 0 Å². The third-order valence-electron chi connectivity index (χ3n) is 3.00. The average Bonchev–Trinajstić information content (AvgIpc) is 2.21. The summed E-state index contributed by atoms with van der Waals surface area (Å²) in [5.41, 5.74) is 0. The van der Waals surface area contributed by atoms with E-state index in [-0.39, 0.29) is 17.0 Å². The van der Waals surface area contributed by atoms with Gasteiger partial charge in [0.25, 0.3) is 0 Å². The van der Waals surface area contributed by atoms with Crippen LogP contribution in [0.25, 0.3) is 0 Å². The SMILES string of the molecule is CCN(CC)[Si](C)[Si](C)N(CC)CC. The lowest BCUT2D eigenvalue weighted by Gasteiger charge is -2.34. The zero-order valence-electron chi connectivity index (χ0n) is 10.7. The van der Waals surface area contributed by atoms with Crippen molar-refractivity contribution in [3.05, 3.63) is 0 Å². The Labute approximate surface area is 93.4 Å². The molecule has 0 aliphatic carbocycles. The highest BCUT2D eigenvalue weighted by atomic mass is 29.2. The second kappa shape index (κ2) is 7.62. The summed E-state index contributed by atoms with van der Waals surface area (Å²) < 4.78 is 5.36. The van der Waals surface area contributed by atoms with E-state index in [0.717, 1.165) is 0 Å². The summed E-state index contributed by atoms with van der Waals surface area (Å²) >= 11 is 0. The van der Waals surface area contributed by atoms with Crippen molar-refractivity contribution in [2.75, 3.05) is 26.2 Å². The zero-order chi connectivity index (χ0) is 11.1. The van der Waals surface area contributed by atoms with Gasteiger partial charge in [0.2, 0.25) is 0 Å². The van der Waals surface area contributed by atoms with Gasteiger partial charge in [0.15, 0.2) is 0 Å². The Morgan fingerprint density at radius 2 is 0.857 bits per heavy atom. The predicted octanol–water partition coefficient (Wildman–Crippen LogP) is 1.99. The van der Waals surface area contributed by atoms with Crippen molar-refractivity contribution in [3.63, 3.8) is 0 Å². The summed E-state index contributed by atoms with van der Waals surface area (Å²) in [6.07, 6.45) is 0. The van der Waals surface area contributed by atoms with E-state index in [0.29, 0.717) is 0 Å². The molecule has 0 aromatic rings. The molecule has 0 aromatic carbocycles. The molecule has 0 N–H and O–H groups in total. The molecule has 0 fully saturated rings. The number of hydrogen-bond donors (Lipinski definition) is 0. The molecule has 0 bridgehead atoms. The van der Waals surface area contributed by atoms with Gasteiger partial charge < -0.3 is 9.13 Å². The standard InChI is InChI=1S/C10H26N2Si2/c1-7-11(8-2)13(5)14(6)12(9-3)10-4/h7-10H2,1-6H3. The number of rotatable bonds is 7. The van der Waals surface area contributed by atoms with Gasteiger partial charge in [0, 0.05) is 0 Å². The molecule has 0 aliphatic heterocycles. The molecule has 14 heavy (non-hydrogen) atoms. The Bertz CT molecular complexity index is 120. The molecule has 0 unspecified atom stereocenters. The van der Waals surface area contributed by atoms with Gasteiger partial charge >= 0.3 is 0 Å². The van der Waals surface area contributed by atoms with Crippen LogP contribution in [-0.4, -0.2) is 52.3 Å². The Morgan fingerprint density at radius 3 is 1.00 bits per heavy atom. The lowest BCUT2D eigenvalue weighted by molar-refractivity contribution is 0.466. The molecule has 0 saturated carbocycles. The van der Waals surface area contributed by atoms with Crippen molar-refractivity contribution >= 4 is 17.0 Å². The molecule has 2 radical (unpaired) electrons. The van der Waals surface area contributed by atoms with Gasteiger partial charge in [-0.2, -0.15) is 0 Å². The quantitative estimate of drug-likeness (QED) is 0.617. The van der Waals surface area contributed by atoms with Crippen LogP contribution in [0.3, 0.4) is 0 Å². The van der Waals surface area contributed by atoms with E-state index in [2.05, 4.69) is 49.9 Å². The zero-order valence-corrected chi connectivity index (χ0v) is 12.7. The van der Waals surface area contributed by atoms with Gasteiger partial charge in [-0.3, -0.25) is 0 Å². The van der Waals surface area contributed by atoms with E-state index >= 15 is 0 Å². The van der Waals surface area contributed by atoms with E-state index in [1.807, 2.05) is 0 Å². The van der Waals surface area contributed by atoms with Gasteiger partial charge in [-0.05, 0) is 26.2 Å². The Hall–Kier alpha value is 0.354. The Balaban J connectivity index is 4.26. The molecule has 2 nitrogen and oxygen atoms in total. The summed E-state index contributed by atoms with van der Waals surface area (Å²) in [4.78, 5) is 0. The highest BCUT2D eigenvalue weighted by Crippen LogP contribution is 2.04. The van der Waals surface area contributed by atoms with Crippen LogP contribution in [-0.2, 0) is 0 Å². The summed E-state index contributed by atoms with van der Waals surface area (Å²) in [5, 5.41) is 0. The smallest absolute Gasteiger partial charge is 0.138 e. The van der Waals surface area contributed by atoms with Crippen molar-refractivity contribution in [2.24, 2.45) is 0 Å². The van der Waals surface area contributed by atoms with Crippen LogP contribution in [0.15, 0.2) is 0 Å². The van der Waals surface area contributed by atoms with Gasteiger partial charge in [0.1, 0.15) is 17.0 Å². The van der Waals surface area contributed by atoms with Crippen molar-refractivity contribution in [3.8, 4) is 0 Å². The molecule has 84 valence electrons. The summed E-state index contributed by atoms with van der Waals surface area (Å²) in [5.74, 6) is 0. The van der Waals surface area contributed by atoms with Crippen LogP contribution in [0.1, 0.15) is 27.7 Å². The highest BCUT2D eigenvalue weighted by Gasteiger charge is 2.25. The predicted molar refractivity (Wildman–Crippen MR) is 69.1 cm³/mol. The van der Waals surface area contributed by atoms with Crippen molar-refractivity contribution in [1.82, 2.24) is 9.13 Å². The molecule has 0 spiro atoms. The fraction of sp³-hybridized carbons (Fsp3) is 1.00. The third-order valence-corrected chi connectivity index (χ3v) is 12.2. The molecule has 0 aliphatic rings. The molecular weight excluding hydrogens is 204 g/mol. The first-order valence-corrected chi connectivity index (χ1v) is 10.7. The second-order valence-corrected chi connectivity index (χ2v) is 11.5. The van der Waals surface area contributed by atoms with E-state index in [9.17, 15) is 0 Å². The minimum atomic E-state index is -0.269. The second-order valence-electron chi connectivity index (χ2n) is 3.52. The van der Waals surface area contributed by atoms with E-state index in [4.69, 9.17) is 0 Å². The minimum absolute atomic E-state index is 0.269. The fourth-order valence-electron chi connectivity index (χ4n) is 1.85. The molecule has 0 aromatic heterocycles. The molecule has 0 heterocycles. The van der Waals surface area contributed by atoms with Gasteiger partial charge in [-0.25, -0.2) is 0 Å². The van der Waals surface area contributed by atoms with Gasteiger partial charge in [-0.1, -0.05) is 40.8 Å². The van der Waals surface area contributed by atoms with Gasteiger partial charge in [0.05, 0.1) is 0 Å². The summed E-state index contributed by atoms with van der Waals surface area (Å²) in [6, 6.07) is 0. The number of nitrogens with zero attached hydrogens (tertiary/aromatic N) is 2. The van der Waals surface area contributed by atoms with Crippen LogP contribution in [0.2, 0.25) is 13.1 Å². The Kier molecular flexibility index (Phi) is 7.81. The molecular formula is C10H26N2Si2.